The average molecular weight is 419 g/mol. The number of hydrogen-bond acceptors (Lipinski definition) is 8. The Morgan fingerprint density at radius 1 is 1.17 bits per heavy atom. The number of nitrogens with zero attached hydrogens (tertiary/aromatic N) is 2. The number of anilines is 1. The smallest absolute Gasteiger partial charge is 0.341 e. The van der Waals surface area contributed by atoms with Crippen LogP contribution in [0.1, 0.15) is 50.9 Å². The Balaban J connectivity index is 1.99. The van der Waals surface area contributed by atoms with Crippen LogP contribution in [0.25, 0.3) is 0 Å². The first-order valence-corrected chi connectivity index (χ1v) is 9.71. The molecule has 1 aliphatic carbocycles. The molecule has 0 unspecified atom stereocenters. The van der Waals surface area contributed by atoms with E-state index in [1.54, 1.807) is 6.92 Å². The van der Waals surface area contributed by atoms with E-state index in [1.165, 1.54) is 11.3 Å². The summed E-state index contributed by atoms with van der Waals surface area (Å²) in [7, 11) is 0. The summed E-state index contributed by atoms with van der Waals surface area (Å²) in [6.07, 6.45) is 3.35. The molecular weight excluding hydrogens is 402 g/mol. The predicted octanol–water partition coefficient (Wildman–Crippen LogP) is 3.87. The molecule has 0 aliphatic heterocycles. The van der Waals surface area contributed by atoms with Gasteiger partial charge in [0.15, 0.2) is 0 Å². The maximum absolute atomic E-state index is 12.7. The van der Waals surface area contributed by atoms with Crippen LogP contribution >= 0.6 is 11.3 Å². The summed E-state index contributed by atoms with van der Waals surface area (Å²) < 4.78 is 5.12. The summed E-state index contributed by atoms with van der Waals surface area (Å²) in [5.74, 6) is -1.38. The van der Waals surface area contributed by atoms with E-state index in [9.17, 15) is 29.8 Å². The second kappa shape index (κ2) is 8.35. The molecule has 3 rings (SSSR count). The quantitative estimate of drug-likeness (QED) is 0.425. The summed E-state index contributed by atoms with van der Waals surface area (Å²) in [5, 5.41) is 25.0. The molecule has 0 atom stereocenters. The van der Waals surface area contributed by atoms with Crippen molar-refractivity contribution in [3.8, 4) is 0 Å². The van der Waals surface area contributed by atoms with Crippen LogP contribution in [0.4, 0.5) is 16.4 Å². The Bertz CT molecular complexity index is 1020. The van der Waals surface area contributed by atoms with E-state index in [4.69, 9.17) is 4.74 Å². The number of non-ortho nitro benzene ring substituents is 1. The summed E-state index contributed by atoms with van der Waals surface area (Å²) in [5.41, 5.74) is -0.387. The fourth-order valence-corrected chi connectivity index (χ4v) is 4.49. The van der Waals surface area contributed by atoms with Gasteiger partial charge < -0.3 is 10.1 Å². The van der Waals surface area contributed by atoms with Gasteiger partial charge in [0.2, 0.25) is 0 Å². The van der Waals surface area contributed by atoms with E-state index in [2.05, 4.69) is 5.32 Å². The Morgan fingerprint density at radius 3 is 2.55 bits per heavy atom. The Kier molecular flexibility index (Phi) is 5.87. The number of rotatable bonds is 6. The summed E-state index contributed by atoms with van der Waals surface area (Å²) in [4.78, 5) is 46.7. The minimum absolute atomic E-state index is 0.171. The molecule has 0 radical (unpaired) electrons. The fraction of sp³-hybridized carbons (Fsp3) is 0.333. The molecular formula is C18H17N3O7S. The molecule has 1 N–H and O–H groups in total. The minimum Gasteiger partial charge on any atom is -0.462 e. The summed E-state index contributed by atoms with van der Waals surface area (Å²) >= 11 is 1.25. The van der Waals surface area contributed by atoms with Crippen LogP contribution in [0.3, 0.4) is 0 Å². The molecule has 1 aliphatic rings. The molecule has 152 valence electrons. The lowest BCUT2D eigenvalue weighted by Crippen LogP contribution is -2.17. The lowest BCUT2D eigenvalue weighted by molar-refractivity contribution is -0.394. The third-order valence-corrected chi connectivity index (χ3v) is 5.72. The van der Waals surface area contributed by atoms with E-state index < -0.39 is 33.1 Å². The van der Waals surface area contributed by atoms with Crippen LogP contribution in [-0.4, -0.2) is 28.3 Å². The Labute approximate surface area is 168 Å². The number of benzene rings is 1. The number of nitro benzene ring substituents is 2. The second-order valence-corrected chi connectivity index (χ2v) is 7.41. The van der Waals surface area contributed by atoms with Crippen molar-refractivity contribution >= 4 is 39.6 Å². The minimum atomic E-state index is -0.854. The molecule has 2 aromatic rings. The van der Waals surface area contributed by atoms with Crippen molar-refractivity contribution in [2.75, 3.05) is 11.9 Å². The molecule has 1 aromatic heterocycles. The lowest BCUT2D eigenvalue weighted by Gasteiger charge is -2.12. The molecule has 1 heterocycles. The van der Waals surface area contributed by atoms with Gasteiger partial charge in [-0.1, -0.05) is 0 Å². The van der Waals surface area contributed by atoms with Crippen molar-refractivity contribution in [2.24, 2.45) is 0 Å². The Hall–Kier alpha value is -3.34. The number of hydrogen-bond donors (Lipinski definition) is 1. The van der Waals surface area contributed by atoms with Gasteiger partial charge >= 0.3 is 5.97 Å². The van der Waals surface area contributed by atoms with Crippen LogP contribution in [0.5, 0.6) is 0 Å². The van der Waals surface area contributed by atoms with Gasteiger partial charge in [-0.25, -0.2) is 4.79 Å². The van der Waals surface area contributed by atoms with Gasteiger partial charge in [0.25, 0.3) is 17.3 Å². The van der Waals surface area contributed by atoms with E-state index in [-0.39, 0.29) is 22.7 Å². The molecule has 0 spiro atoms. The number of carbonyl (C=O) groups excluding carboxylic acids is 2. The average Bonchev–Trinajstić information content (AvgIpc) is 3.05. The number of esters is 1. The highest BCUT2D eigenvalue weighted by atomic mass is 32.1. The van der Waals surface area contributed by atoms with Crippen LogP contribution in [-0.2, 0) is 17.6 Å². The lowest BCUT2D eigenvalue weighted by atomic mass is 9.95. The molecule has 11 heteroatoms. The first-order chi connectivity index (χ1) is 13.8. The second-order valence-electron chi connectivity index (χ2n) is 6.31. The zero-order chi connectivity index (χ0) is 21.1. The van der Waals surface area contributed by atoms with Crippen molar-refractivity contribution < 1.29 is 24.2 Å². The topological polar surface area (TPSA) is 142 Å². The number of aryl methyl sites for hydroxylation is 1. The molecule has 0 saturated heterocycles. The van der Waals surface area contributed by atoms with Gasteiger partial charge in [0.05, 0.1) is 28.1 Å². The largest absolute Gasteiger partial charge is 0.462 e. The van der Waals surface area contributed by atoms with Crippen molar-refractivity contribution in [3.05, 3.63) is 60.0 Å². The zero-order valence-electron chi connectivity index (χ0n) is 15.4. The molecule has 0 saturated carbocycles. The molecule has 0 bridgehead atoms. The van der Waals surface area contributed by atoms with E-state index in [0.29, 0.717) is 6.42 Å². The van der Waals surface area contributed by atoms with E-state index in [0.717, 1.165) is 47.9 Å². The highest BCUT2D eigenvalue weighted by Crippen LogP contribution is 2.39. The van der Waals surface area contributed by atoms with Crippen molar-refractivity contribution in [3.63, 3.8) is 0 Å². The summed E-state index contributed by atoms with van der Waals surface area (Å²) in [6.45, 7) is 1.85. The molecule has 1 aromatic carbocycles. The van der Waals surface area contributed by atoms with Gasteiger partial charge in [0, 0.05) is 10.9 Å². The first kappa shape index (κ1) is 20.4. The first-order valence-electron chi connectivity index (χ1n) is 8.89. The van der Waals surface area contributed by atoms with E-state index >= 15 is 0 Å². The van der Waals surface area contributed by atoms with Crippen LogP contribution in [0.15, 0.2) is 18.2 Å². The van der Waals surface area contributed by atoms with Gasteiger partial charge in [0.1, 0.15) is 10.6 Å². The van der Waals surface area contributed by atoms with Gasteiger partial charge in [-0.2, -0.15) is 0 Å². The monoisotopic (exact) mass is 419 g/mol. The molecule has 29 heavy (non-hydrogen) atoms. The predicted molar refractivity (Wildman–Crippen MR) is 105 cm³/mol. The fourth-order valence-electron chi connectivity index (χ4n) is 3.22. The zero-order valence-corrected chi connectivity index (χ0v) is 16.2. The summed E-state index contributed by atoms with van der Waals surface area (Å²) in [6, 6.07) is 2.79. The number of thiophene rings is 1. The maximum Gasteiger partial charge on any atom is 0.341 e. The van der Waals surface area contributed by atoms with Gasteiger partial charge in [-0.3, -0.25) is 25.0 Å². The molecule has 10 nitrogen and oxygen atoms in total. The van der Waals surface area contributed by atoms with Gasteiger partial charge in [-0.15, -0.1) is 11.3 Å². The standard InChI is InChI=1S/C18H17N3O7S/c1-2-28-18(23)15-12-5-3-4-6-14(12)29-17(15)19-16(22)11-8-7-10(20(24)25)9-13(11)21(26)27/h7-9H,2-6H2,1H3,(H,19,22). The number of amides is 1. The number of nitrogens with one attached hydrogen (secondary N) is 1. The van der Waals surface area contributed by atoms with Crippen molar-refractivity contribution in [2.45, 2.75) is 32.6 Å². The Morgan fingerprint density at radius 2 is 1.90 bits per heavy atom. The van der Waals surface area contributed by atoms with Gasteiger partial charge in [-0.05, 0) is 44.2 Å². The van der Waals surface area contributed by atoms with Crippen LogP contribution in [0.2, 0.25) is 0 Å². The number of nitro groups is 2. The SMILES string of the molecule is CCOC(=O)c1c(NC(=O)c2ccc([N+](=O)[O-])cc2[N+](=O)[O-])sc2c1CCCC2. The molecule has 0 fully saturated rings. The number of ether oxygens (including phenoxy) is 1. The molecule has 1 amide bonds. The van der Waals surface area contributed by atoms with Crippen molar-refractivity contribution in [1.82, 2.24) is 0 Å². The third kappa shape index (κ3) is 4.09. The highest BCUT2D eigenvalue weighted by Gasteiger charge is 2.29. The number of fused-ring (bicyclic) bond motifs is 1. The highest BCUT2D eigenvalue weighted by molar-refractivity contribution is 7.17. The van der Waals surface area contributed by atoms with E-state index in [1.807, 2.05) is 0 Å². The number of carbonyl (C=O) groups is 2. The normalized spacial score (nSPS) is 12.7. The van der Waals surface area contributed by atoms with Crippen LogP contribution in [0, 0.1) is 20.2 Å². The van der Waals surface area contributed by atoms with Crippen LogP contribution < -0.4 is 5.32 Å². The van der Waals surface area contributed by atoms with Crippen molar-refractivity contribution in [1.29, 1.82) is 0 Å². The maximum atomic E-state index is 12.7. The third-order valence-electron chi connectivity index (χ3n) is 4.51.